The second-order valence-corrected chi connectivity index (χ2v) is 13.1. The van der Waals surface area contributed by atoms with E-state index in [9.17, 15) is 22.4 Å². The molecule has 0 aliphatic carbocycles. The molecule has 0 aliphatic rings. The number of halogens is 3. The highest BCUT2D eigenvalue weighted by atomic mass is 35.5. The summed E-state index contributed by atoms with van der Waals surface area (Å²) < 4.78 is 42.7. The van der Waals surface area contributed by atoms with Crippen molar-refractivity contribution in [3.8, 4) is 0 Å². The van der Waals surface area contributed by atoms with Crippen molar-refractivity contribution in [2.45, 2.75) is 43.8 Å². The molecule has 0 aliphatic heterocycles. The van der Waals surface area contributed by atoms with Crippen molar-refractivity contribution < 1.29 is 22.4 Å². The van der Waals surface area contributed by atoms with Crippen molar-refractivity contribution in [3.05, 3.63) is 130 Å². The fraction of sp³-hybridized carbons (Fsp3) is 0.212. The second kappa shape index (κ2) is 14.7. The van der Waals surface area contributed by atoms with E-state index in [4.69, 9.17) is 23.2 Å². The lowest BCUT2D eigenvalue weighted by atomic mass is 10.0. The SMILES string of the molecule is CC(C)NC(=O)[C@@H](Cc1ccccc1)N(Cc1ccc(F)cc1)C(=O)CN(c1ccc(Cl)c(Cl)c1)S(=O)(=O)c1ccccc1. The standard InChI is InChI=1S/C33H32Cl2FN3O4S/c1-23(2)37-33(41)31(19-24-9-5-3-6-10-24)38(21-25-13-15-26(36)16-14-25)32(40)22-39(27-17-18-29(34)30(35)20-27)44(42,43)28-11-7-4-8-12-28/h3-18,20,23,31H,19,21-22H2,1-2H3,(H,37,41)/t31-/m1/s1. The summed E-state index contributed by atoms with van der Waals surface area (Å²) in [5.41, 5.74) is 1.47. The fourth-order valence-corrected chi connectivity index (χ4v) is 6.33. The molecule has 0 bridgehead atoms. The number of hydrogen-bond donors (Lipinski definition) is 1. The topological polar surface area (TPSA) is 86.8 Å². The summed E-state index contributed by atoms with van der Waals surface area (Å²) in [4.78, 5) is 29.3. The zero-order valence-corrected chi connectivity index (χ0v) is 26.5. The second-order valence-electron chi connectivity index (χ2n) is 10.4. The quantitative estimate of drug-likeness (QED) is 0.189. The molecule has 0 heterocycles. The molecule has 4 aromatic carbocycles. The minimum atomic E-state index is -4.28. The Hall–Kier alpha value is -3.92. The first-order valence-electron chi connectivity index (χ1n) is 13.9. The first-order valence-corrected chi connectivity index (χ1v) is 16.1. The van der Waals surface area contributed by atoms with Gasteiger partial charge in [-0.25, -0.2) is 12.8 Å². The predicted octanol–water partition coefficient (Wildman–Crippen LogP) is 6.49. The van der Waals surface area contributed by atoms with Crippen LogP contribution in [0.1, 0.15) is 25.0 Å². The lowest BCUT2D eigenvalue weighted by molar-refractivity contribution is -0.140. The Labute approximate surface area is 267 Å². The van der Waals surface area contributed by atoms with Crippen LogP contribution in [0, 0.1) is 5.82 Å². The van der Waals surface area contributed by atoms with Crippen LogP contribution < -0.4 is 9.62 Å². The molecule has 2 amide bonds. The molecule has 0 radical (unpaired) electrons. The molecule has 0 fully saturated rings. The summed E-state index contributed by atoms with van der Waals surface area (Å²) >= 11 is 12.4. The number of nitrogens with zero attached hydrogens (tertiary/aromatic N) is 2. The van der Waals surface area contributed by atoms with Gasteiger partial charge < -0.3 is 10.2 Å². The van der Waals surface area contributed by atoms with E-state index in [-0.39, 0.29) is 39.6 Å². The molecule has 1 N–H and O–H groups in total. The Morgan fingerprint density at radius 1 is 0.818 bits per heavy atom. The van der Waals surface area contributed by atoms with Crippen LogP contribution in [0.3, 0.4) is 0 Å². The molecule has 1 atom stereocenters. The Bertz CT molecular complexity index is 1690. The average Bonchev–Trinajstić information content (AvgIpc) is 3.00. The highest BCUT2D eigenvalue weighted by Gasteiger charge is 2.35. The molecule has 0 saturated heterocycles. The highest BCUT2D eigenvalue weighted by Crippen LogP contribution is 2.31. The fourth-order valence-electron chi connectivity index (χ4n) is 4.61. The van der Waals surface area contributed by atoms with Crippen molar-refractivity contribution in [1.82, 2.24) is 10.2 Å². The van der Waals surface area contributed by atoms with Crippen LogP contribution in [0.4, 0.5) is 10.1 Å². The van der Waals surface area contributed by atoms with Gasteiger partial charge in [0.05, 0.1) is 20.6 Å². The van der Waals surface area contributed by atoms with Gasteiger partial charge in [-0.2, -0.15) is 0 Å². The molecular formula is C33H32Cl2FN3O4S. The van der Waals surface area contributed by atoms with E-state index in [1.165, 1.54) is 59.5 Å². The number of amides is 2. The number of sulfonamides is 1. The van der Waals surface area contributed by atoms with Gasteiger partial charge in [-0.3, -0.25) is 13.9 Å². The average molecular weight is 657 g/mol. The normalized spacial score (nSPS) is 12.0. The molecule has 0 spiro atoms. The highest BCUT2D eigenvalue weighted by molar-refractivity contribution is 7.92. The van der Waals surface area contributed by atoms with E-state index in [0.717, 1.165) is 9.87 Å². The number of anilines is 1. The third-order valence-corrected chi connectivity index (χ3v) is 9.30. The van der Waals surface area contributed by atoms with Gasteiger partial charge in [0.15, 0.2) is 0 Å². The summed E-state index contributed by atoms with van der Waals surface area (Å²) in [6, 6.07) is 25.5. The molecule has 0 unspecified atom stereocenters. The van der Waals surface area contributed by atoms with Gasteiger partial charge in [-0.1, -0.05) is 83.9 Å². The number of benzene rings is 4. The van der Waals surface area contributed by atoms with Gasteiger partial charge in [0, 0.05) is 19.0 Å². The smallest absolute Gasteiger partial charge is 0.264 e. The van der Waals surface area contributed by atoms with Crippen molar-refractivity contribution in [3.63, 3.8) is 0 Å². The zero-order valence-electron chi connectivity index (χ0n) is 24.2. The van der Waals surface area contributed by atoms with Gasteiger partial charge >= 0.3 is 0 Å². The Balaban J connectivity index is 1.81. The number of hydrogen-bond acceptors (Lipinski definition) is 4. The molecule has 230 valence electrons. The summed E-state index contributed by atoms with van der Waals surface area (Å²) in [7, 11) is -4.28. The number of rotatable bonds is 12. The first-order chi connectivity index (χ1) is 21.0. The number of nitrogens with one attached hydrogen (secondary N) is 1. The van der Waals surface area contributed by atoms with Crippen LogP contribution in [0.25, 0.3) is 0 Å². The Morgan fingerprint density at radius 3 is 2.02 bits per heavy atom. The number of carbonyl (C=O) groups excluding carboxylic acids is 2. The van der Waals surface area contributed by atoms with Crippen molar-refractivity contribution in [2.75, 3.05) is 10.8 Å². The van der Waals surface area contributed by atoms with Crippen molar-refractivity contribution in [1.29, 1.82) is 0 Å². The lowest BCUT2D eigenvalue weighted by Gasteiger charge is -2.34. The maximum atomic E-state index is 14.4. The summed E-state index contributed by atoms with van der Waals surface area (Å²) in [5.74, 6) is -1.52. The minimum absolute atomic E-state index is 0.0395. The molecule has 4 rings (SSSR count). The summed E-state index contributed by atoms with van der Waals surface area (Å²) in [6.45, 7) is 2.88. The Kier molecular flexibility index (Phi) is 11.0. The van der Waals surface area contributed by atoms with Gasteiger partial charge in [-0.05, 0) is 67.4 Å². The molecule has 0 saturated carbocycles. The van der Waals surface area contributed by atoms with Crippen LogP contribution in [0.5, 0.6) is 0 Å². The molecular weight excluding hydrogens is 624 g/mol. The third-order valence-electron chi connectivity index (χ3n) is 6.77. The third kappa shape index (κ3) is 8.37. The molecule has 7 nitrogen and oxygen atoms in total. The maximum absolute atomic E-state index is 14.4. The van der Waals surface area contributed by atoms with Crippen molar-refractivity contribution >= 4 is 50.7 Å². The van der Waals surface area contributed by atoms with E-state index >= 15 is 0 Å². The van der Waals surface area contributed by atoms with E-state index in [0.29, 0.717) is 5.56 Å². The molecule has 4 aromatic rings. The molecule has 11 heteroatoms. The van der Waals surface area contributed by atoms with Crippen LogP contribution in [0.15, 0.2) is 108 Å². The first kappa shape index (κ1) is 33.0. The van der Waals surface area contributed by atoms with E-state index < -0.39 is 40.2 Å². The summed E-state index contributed by atoms with van der Waals surface area (Å²) in [5, 5.41) is 3.21. The minimum Gasteiger partial charge on any atom is -0.352 e. The molecule has 0 aromatic heterocycles. The van der Waals surface area contributed by atoms with Gasteiger partial charge in [0.25, 0.3) is 10.0 Å². The van der Waals surface area contributed by atoms with Crippen LogP contribution in [-0.2, 0) is 32.6 Å². The van der Waals surface area contributed by atoms with Gasteiger partial charge in [-0.15, -0.1) is 0 Å². The largest absolute Gasteiger partial charge is 0.352 e. The van der Waals surface area contributed by atoms with E-state index in [1.807, 2.05) is 44.2 Å². The van der Waals surface area contributed by atoms with E-state index in [2.05, 4.69) is 5.32 Å². The Morgan fingerprint density at radius 2 is 1.43 bits per heavy atom. The summed E-state index contributed by atoms with van der Waals surface area (Å²) in [6.07, 6.45) is 0.157. The monoisotopic (exact) mass is 655 g/mol. The van der Waals surface area contributed by atoms with E-state index in [1.54, 1.807) is 18.2 Å². The number of carbonyl (C=O) groups is 2. The zero-order chi connectivity index (χ0) is 31.9. The van der Waals surface area contributed by atoms with Crippen LogP contribution in [-0.4, -0.2) is 43.8 Å². The lowest BCUT2D eigenvalue weighted by Crippen LogP contribution is -2.54. The predicted molar refractivity (Wildman–Crippen MR) is 172 cm³/mol. The van der Waals surface area contributed by atoms with Crippen molar-refractivity contribution in [2.24, 2.45) is 0 Å². The van der Waals surface area contributed by atoms with Gasteiger partial charge in [0.2, 0.25) is 11.8 Å². The van der Waals surface area contributed by atoms with Crippen LogP contribution >= 0.6 is 23.2 Å². The van der Waals surface area contributed by atoms with Crippen LogP contribution in [0.2, 0.25) is 10.0 Å². The maximum Gasteiger partial charge on any atom is 0.264 e. The van der Waals surface area contributed by atoms with Gasteiger partial charge in [0.1, 0.15) is 18.4 Å². The molecule has 44 heavy (non-hydrogen) atoms.